The molecule has 0 atom stereocenters. The molecule has 0 fully saturated rings. The highest BCUT2D eigenvalue weighted by Crippen LogP contribution is 2.25. The van der Waals surface area contributed by atoms with Crippen LogP contribution in [0.2, 0.25) is 0 Å². The first-order chi connectivity index (χ1) is 13.6. The fraction of sp³-hybridized carbons (Fsp3) is 0. The molecule has 28 heavy (non-hydrogen) atoms. The number of benzene rings is 2. The lowest BCUT2D eigenvalue weighted by atomic mass is 10.1. The van der Waals surface area contributed by atoms with Gasteiger partial charge in [-0.3, -0.25) is 4.79 Å². The number of halogens is 2. The number of aromatic nitrogens is 2. The van der Waals surface area contributed by atoms with Crippen LogP contribution in [0.3, 0.4) is 0 Å². The van der Waals surface area contributed by atoms with Crippen molar-refractivity contribution in [3.8, 4) is 0 Å². The zero-order valence-electron chi connectivity index (χ0n) is 14.6. The number of anilines is 2. The van der Waals surface area contributed by atoms with E-state index in [0.717, 1.165) is 11.8 Å². The summed E-state index contributed by atoms with van der Waals surface area (Å²) >= 11 is 0. The van der Waals surface area contributed by atoms with Crippen LogP contribution < -0.4 is 10.9 Å². The summed E-state index contributed by atoms with van der Waals surface area (Å²) in [5, 5.41) is 4.21. The van der Waals surface area contributed by atoms with Crippen molar-refractivity contribution in [2.45, 2.75) is 0 Å². The first kappa shape index (κ1) is 17.6. The minimum absolute atomic E-state index is 0.242. The molecule has 2 N–H and O–H groups in total. The van der Waals surface area contributed by atoms with Crippen molar-refractivity contribution in [2.75, 3.05) is 5.32 Å². The molecule has 2 aromatic heterocycles. The molecule has 4 rings (SSSR count). The maximum Gasteiger partial charge on any atom is 0.259 e. The highest BCUT2D eigenvalue weighted by molar-refractivity contribution is 5.98. The molecule has 0 saturated carbocycles. The molecule has 0 aliphatic heterocycles. The lowest BCUT2D eigenvalue weighted by Gasteiger charge is -2.10. The summed E-state index contributed by atoms with van der Waals surface area (Å²) in [6, 6.07) is 14.5. The third kappa shape index (κ3) is 3.53. The van der Waals surface area contributed by atoms with Crippen molar-refractivity contribution in [1.82, 2.24) is 9.97 Å². The zero-order chi connectivity index (χ0) is 19.5. The number of pyridine rings is 2. The SMILES string of the molecule is O=c1[nH]ccc2c(C=Cc3ccc(F)cc3F)cnc(Nc3ccccc3)c12. The lowest BCUT2D eigenvalue weighted by molar-refractivity contribution is 0.581. The van der Waals surface area contributed by atoms with E-state index in [1.807, 2.05) is 30.3 Å². The van der Waals surface area contributed by atoms with Crippen LogP contribution in [0.4, 0.5) is 20.3 Å². The van der Waals surface area contributed by atoms with Crippen molar-refractivity contribution < 1.29 is 8.78 Å². The van der Waals surface area contributed by atoms with Gasteiger partial charge in [0.05, 0.1) is 5.39 Å². The van der Waals surface area contributed by atoms with Crippen molar-refractivity contribution >= 4 is 34.4 Å². The molecule has 0 saturated heterocycles. The highest BCUT2D eigenvalue weighted by Gasteiger charge is 2.10. The predicted octanol–water partition coefficient (Wildman–Crippen LogP) is 5.12. The monoisotopic (exact) mass is 375 g/mol. The molecule has 2 aromatic carbocycles. The van der Waals surface area contributed by atoms with Crippen molar-refractivity contribution in [3.63, 3.8) is 0 Å². The molecule has 0 aliphatic rings. The third-order valence-corrected chi connectivity index (χ3v) is 4.28. The Kier molecular flexibility index (Phi) is 4.68. The largest absolute Gasteiger partial charge is 0.340 e. The Balaban J connectivity index is 1.78. The van der Waals surface area contributed by atoms with Crippen LogP contribution in [0.5, 0.6) is 0 Å². The minimum Gasteiger partial charge on any atom is -0.340 e. The van der Waals surface area contributed by atoms with E-state index in [1.165, 1.54) is 18.2 Å². The molecule has 4 aromatic rings. The number of rotatable bonds is 4. The second-order valence-corrected chi connectivity index (χ2v) is 6.15. The number of fused-ring (bicyclic) bond motifs is 1. The standard InChI is InChI=1S/C22H15F2N3O/c23-16-9-8-14(19(24)12-16)6-7-15-13-26-21(27-17-4-2-1-3-5-17)20-18(15)10-11-25-22(20)28/h1-13H,(H,25,28)(H,26,27). The zero-order valence-corrected chi connectivity index (χ0v) is 14.6. The molecular formula is C22H15F2N3O. The van der Waals surface area contributed by atoms with E-state index in [1.54, 1.807) is 24.5 Å². The van der Waals surface area contributed by atoms with Gasteiger partial charge in [-0.2, -0.15) is 0 Å². The topological polar surface area (TPSA) is 57.8 Å². The first-order valence-corrected chi connectivity index (χ1v) is 8.57. The van der Waals surface area contributed by atoms with Crippen LogP contribution in [-0.2, 0) is 0 Å². The number of nitrogens with zero attached hydrogens (tertiary/aromatic N) is 1. The van der Waals surface area contributed by atoms with Gasteiger partial charge in [0.25, 0.3) is 5.56 Å². The average Bonchev–Trinajstić information content (AvgIpc) is 2.69. The third-order valence-electron chi connectivity index (χ3n) is 4.28. The lowest BCUT2D eigenvalue weighted by Crippen LogP contribution is -2.09. The van der Waals surface area contributed by atoms with Crippen LogP contribution in [0.15, 0.2) is 71.8 Å². The molecule has 0 radical (unpaired) electrons. The highest BCUT2D eigenvalue weighted by atomic mass is 19.1. The average molecular weight is 375 g/mol. The van der Waals surface area contributed by atoms with Gasteiger partial charge in [0.15, 0.2) is 0 Å². The molecule has 0 unspecified atom stereocenters. The smallest absolute Gasteiger partial charge is 0.259 e. The fourth-order valence-corrected chi connectivity index (χ4v) is 2.92. The summed E-state index contributed by atoms with van der Waals surface area (Å²) in [5.74, 6) is -0.869. The van der Waals surface area contributed by atoms with E-state index < -0.39 is 11.6 Å². The van der Waals surface area contributed by atoms with Gasteiger partial charge in [-0.1, -0.05) is 30.4 Å². The van der Waals surface area contributed by atoms with Gasteiger partial charge in [-0.05, 0) is 30.3 Å². The van der Waals surface area contributed by atoms with Gasteiger partial charge >= 0.3 is 0 Å². The number of H-pyrrole nitrogens is 1. The van der Waals surface area contributed by atoms with Gasteiger partial charge in [0.2, 0.25) is 0 Å². The summed E-state index contributed by atoms with van der Waals surface area (Å²) in [7, 11) is 0. The van der Waals surface area contributed by atoms with E-state index in [2.05, 4.69) is 15.3 Å². The first-order valence-electron chi connectivity index (χ1n) is 8.57. The Bertz CT molecular complexity index is 1230. The molecule has 0 bridgehead atoms. The number of aromatic amines is 1. The summed E-state index contributed by atoms with van der Waals surface area (Å²) in [6.07, 6.45) is 6.33. The Labute approximate surface area is 159 Å². The molecule has 0 spiro atoms. The van der Waals surface area contributed by atoms with Crippen molar-refractivity contribution in [1.29, 1.82) is 0 Å². The van der Waals surface area contributed by atoms with Gasteiger partial charge in [-0.15, -0.1) is 0 Å². The normalized spacial score (nSPS) is 11.2. The van der Waals surface area contributed by atoms with Gasteiger partial charge in [0.1, 0.15) is 17.5 Å². The number of nitrogens with one attached hydrogen (secondary N) is 2. The maximum absolute atomic E-state index is 13.9. The Morgan fingerprint density at radius 3 is 2.54 bits per heavy atom. The van der Waals surface area contributed by atoms with Gasteiger partial charge in [0, 0.05) is 40.7 Å². The van der Waals surface area contributed by atoms with Crippen LogP contribution >= 0.6 is 0 Å². The van der Waals surface area contributed by atoms with E-state index in [4.69, 9.17) is 0 Å². The van der Waals surface area contributed by atoms with Crippen LogP contribution in [0.25, 0.3) is 22.9 Å². The predicted molar refractivity (Wildman–Crippen MR) is 107 cm³/mol. The minimum atomic E-state index is -0.659. The maximum atomic E-state index is 13.9. The van der Waals surface area contributed by atoms with Crippen LogP contribution in [0.1, 0.15) is 11.1 Å². The Morgan fingerprint density at radius 2 is 1.75 bits per heavy atom. The van der Waals surface area contributed by atoms with E-state index in [9.17, 15) is 13.6 Å². The Morgan fingerprint density at radius 1 is 0.964 bits per heavy atom. The second-order valence-electron chi connectivity index (χ2n) is 6.15. The molecule has 6 heteroatoms. The van der Waals surface area contributed by atoms with E-state index >= 15 is 0 Å². The van der Waals surface area contributed by atoms with Gasteiger partial charge in [-0.25, -0.2) is 13.8 Å². The summed E-state index contributed by atoms with van der Waals surface area (Å²) in [6.45, 7) is 0. The summed E-state index contributed by atoms with van der Waals surface area (Å²) in [4.78, 5) is 19.5. The Hall–Kier alpha value is -3.80. The van der Waals surface area contributed by atoms with E-state index in [-0.39, 0.29) is 11.1 Å². The van der Waals surface area contributed by atoms with Crippen LogP contribution in [-0.4, -0.2) is 9.97 Å². The van der Waals surface area contributed by atoms with Crippen molar-refractivity contribution in [2.24, 2.45) is 0 Å². The number of hydrogen-bond acceptors (Lipinski definition) is 3. The molecule has 0 amide bonds. The van der Waals surface area contributed by atoms with Crippen molar-refractivity contribution in [3.05, 3.63) is 100 Å². The number of hydrogen-bond donors (Lipinski definition) is 2. The fourth-order valence-electron chi connectivity index (χ4n) is 2.92. The quantitative estimate of drug-likeness (QED) is 0.521. The molecule has 2 heterocycles. The molecular weight excluding hydrogens is 360 g/mol. The van der Waals surface area contributed by atoms with Crippen LogP contribution in [0, 0.1) is 11.6 Å². The summed E-state index contributed by atoms with van der Waals surface area (Å²) < 4.78 is 26.9. The van der Waals surface area contributed by atoms with Gasteiger partial charge < -0.3 is 10.3 Å². The number of para-hydroxylation sites is 1. The molecule has 4 nitrogen and oxygen atoms in total. The molecule has 0 aliphatic carbocycles. The van der Waals surface area contributed by atoms with E-state index in [0.29, 0.717) is 22.2 Å². The summed E-state index contributed by atoms with van der Waals surface area (Å²) in [5.41, 5.74) is 1.40. The molecule has 138 valence electrons. The second kappa shape index (κ2) is 7.44.